The smallest absolute Gasteiger partial charge is 0.406 e. The van der Waals surface area contributed by atoms with Gasteiger partial charge in [-0.1, -0.05) is 13.8 Å². The van der Waals surface area contributed by atoms with Gasteiger partial charge < -0.3 is 20.5 Å². The van der Waals surface area contributed by atoms with Crippen LogP contribution >= 0.6 is 0 Å². The minimum atomic E-state index is -0.480. The van der Waals surface area contributed by atoms with Crippen molar-refractivity contribution < 1.29 is 19.1 Å². The minimum Gasteiger partial charge on any atom is -0.466 e. The lowest BCUT2D eigenvalue weighted by molar-refractivity contribution is -0.144. The number of carbonyl (C=O) groups excluding carboxylic acids is 2. The SMILES string of the molecule is COC(=O)NCCCOC(=O)C[C@@H](CN)CC(C)C. The predicted molar refractivity (Wildman–Crippen MR) is 72.6 cm³/mol. The van der Waals surface area contributed by atoms with Crippen LogP contribution in [0.3, 0.4) is 0 Å². The number of methoxy groups -OCH3 is 1. The number of alkyl carbamates (subject to hydrolysis) is 1. The van der Waals surface area contributed by atoms with Crippen LogP contribution in [0.1, 0.15) is 33.1 Å². The Morgan fingerprint density at radius 2 is 2.00 bits per heavy atom. The average molecular weight is 274 g/mol. The number of amides is 1. The molecule has 19 heavy (non-hydrogen) atoms. The number of nitrogens with one attached hydrogen (secondary N) is 1. The molecule has 0 aromatic heterocycles. The molecule has 0 fully saturated rings. The number of hydrogen-bond acceptors (Lipinski definition) is 5. The highest BCUT2D eigenvalue weighted by Gasteiger charge is 2.14. The Morgan fingerprint density at radius 1 is 1.32 bits per heavy atom. The number of ether oxygens (including phenoxy) is 2. The molecular formula is C13H26N2O4. The van der Waals surface area contributed by atoms with Crippen molar-refractivity contribution in [3.63, 3.8) is 0 Å². The molecule has 0 aromatic rings. The maximum absolute atomic E-state index is 11.6. The summed E-state index contributed by atoms with van der Waals surface area (Å²) in [6.07, 6.45) is 1.37. The Hall–Kier alpha value is -1.30. The molecule has 0 aliphatic carbocycles. The lowest BCUT2D eigenvalue weighted by Gasteiger charge is -2.16. The summed E-state index contributed by atoms with van der Waals surface area (Å²) in [6.45, 7) is 5.42. The molecule has 0 aliphatic rings. The van der Waals surface area contributed by atoms with Gasteiger partial charge in [0.1, 0.15) is 0 Å². The quantitative estimate of drug-likeness (QED) is 0.488. The van der Waals surface area contributed by atoms with Crippen LogP contribution in [0.4, 0.5) is 4.79 Å². The molecule has 0 spiro atoms. The Balaban J connectivity index is 3.65. The lowest BCUT2D eigenvalue weighted by Crippen LogP contribution is -2.25. The van der Waals surface area contributed by atoms with Gasteiger partial charge in [0.25, 0.3) is 0 Å². The molecule has 0 saturated carbocycles. The molecule has 112 valence electrons. The summed E-state index contributed by atoms with van der Waals surface area (Å²) in [5.74, 6) is 0.473. The van der Waals surface area contributed by atoms with E-state index in [0.29, 0.717) is 38.5 Å². The van der Waals surface area contributed by atoms with E-state index in [-0.39, 0.29) is 11.9 Å². The molecule has 0 rings (SSSR count). The zero-order valence-corrected chi connectivity index (χ0v) is 12.1. The summed E-state index contributed by atoms with van der Waals surface area (Å²) in [5, 5.41) is 2.51. The van der Waals surface area contributed by atoms with Gasteiger partial charge in [-0.3, -0.25) is 4.79 Å². The highest BCUT2D eigenvalue weighted by atomic mass is 16.5. The zero-order chi connectivity index (χ0) is 14.7. The Labute approximate surface area is 115 Å². The van der Waals surface area contributed by atoms with Gasteiger partial charge in [0, 0.05) is 13.0 Å². The fourth-order valence-corrected chi connectivity index (χ4v) is 1.74. The first-order valence-corrected chi connectivity index (χ1v) is 6.67. The third-order valence-corrected chi connectivity index (χ3v) is 2.63. The van der Waals surface area contributed by atoms with Crippen LogP contribution < -0.4 is 11.1 Å². The summed E-state index contributed by atoms with van der Waals surface area (Å²) < 4.78 is 9.50. The fourth-order valence-electron chi connectivity index (χ4n) is 1.74. The van der Waals surface area contributed by atoms with Gasteiger partial charge in [0.15, 0.2) is 0 Å². The van der Waals surface area contributed by atoms with Crippen molar-refractivity contribution in [1.29, 1.82) is 0 Å². The third-order valence-electron chi connectivity index (χ3n) is 2.63. The molecule has 0 aromatic carbocycles. The first-order valence-electron chi connectivity index (χ1n) is 6.67. The third kappa shape index (κ3) is 10.3. The van der Waals surface area contributed by atoms with Crippen LogP contribution in [0.5, 0.6) is 0 Å². The van der Waals surface area contributed by atoms with E-state index in [4.69, 9.17) is 10.5 Å². The maximum atomic E-state index is 11.6. The second kappa shape index (κ2) is 10.6. The summed E-state index contributed by atoms with van der Waals surface area (Å²) in [7, 11) is 1.30. The topological polar surface area (TPSA) is 90.6 Å². The van der Waals surface area contributed by atoms with E-state index < -0.39 is 6.09 Å². The number of carbonyl (C=O) groups is 2. The van der Waals surface area contributed by atoms with Crippen molar-refractivity contribution in [2.24, 2.45) is 17.6 Å². The largest absolute Gasteiger partial charge is 0.466 e. The molecule has 0 heterocycles. The van der Waals surface area contributed by atoms with E-state index in [9.17, 15) is 9.59 Å². The Bertz CT molecular complexity index is 269. The van der Waals surface area contributed by atoms with Crippen molar-refractivity contribution in [3.05, 3.63) is 0 Å². The second-order valence-corrected chi connectivity index (χ2v) is 4.93. The maximum Gasteiger partial charge on any atom is 0.406 e. The Kier molecular flexibility index (Phi) is 9.88. The lowest BCUT2D eigenvalue weighted by atomic mass is 9.94. The molecule has 0 aliphatic heterocycles. The molecule has 6 nitrogen and oxygen atoms in total. The van der Waals surface area contributed by atoms with E-state index >= 15 is 0 Å². The summed E-state index contributed by atoms with van der Waals surface area (Å²) >= 11 is 0. The van der Waals surface area contributed by atoms with Gasteiger partial charge in [0.2, 0.25) is 0 Å². The molecule has 0 bridgehead atoms. The zero-order valence-electron chi connectivity index (χ0n) is 12.1. The summed E-state index contributed by atoms with van der Waals surface area (Å²) in [6, 6.07) is 0. The molecule has 0 unspecified atom stereocenters. The normalized spacial score (nSPS) is 12.1. The summed E-state index contributed by atoms with van der Waals surface area (Å²) in [5.41, 5.74) is 5.63. The fraction of sp³-hybridized carbons (Fsp3) is 0.846. The molecule has 3 N–H and O–H groups in total. The molecule has 0 radical (unpaired) electrons. The van der Waals surface area contributed by atoms with Gasteiger partial charge in [0.05, 0.1) is 13.7 Å². The van der Waals surface area contributed by atoms with Crippen LogP contribution in [-0.4, -0.2) is 38.9 Å². The van der Waals surface area contributed by atoms with Crippen molar-refractivity contribution in [3.8, 4) is 0 Å². The van der Waals surface area contributed by atoms with Crippen molar-refractivity contribution in [1.82, 2.24) is 5.32 Å². The molecule has 0 saturated heterocycles. The van der Waals surface area contributed by atoms with Crippen molar-refractivity contribution in [2.75, 3.05) is 26.8 Å². The van der Waals surface area contributed by atoms with Crippen molar-refractivity contribution >= 4 is 12.1 Å². The standard InChI is InChI=1S/C13H26N2O4/c1-10(2)7-11(9-14)8-12(16)19-6-4-5-15-13(17)18-3/h10-11H,4-9,14H2,1-3H3,(H,15,17)/t11-/m0/s1. The number of esters is 1. The predicted octanol–water partition coefficient (Wildman–Crippen LogP) is 1.29. The van der Waals surface area contributed by atoms with Gasteiger partial charge >= 0.3 is 12.1 Å². The van der Waals surface area contributed by atoms with Crippen LogP contribution in [0, 0.1) is 11.8 Å². The molecule has 1 atom stereocenters. The number of hydrogen-bond donors (Lipinski definition) is 2. The molecular weight excluding hydrogens is 248 g/mol. The van der Waals surface area contributed by atoms with Gasteiger partial charge in [-0.25, -0.2) is 4.79 Å². The van der Waals surface area contributed by atoms with E-state index in [1.807, 2.05) is 0 Å². The molecule has 6 heteroatoms. The average Bonchev–Trinajstić information content (AvgIpc) is 2.36. The van der Waals surface area contributed by atoms with Gasteiger partial charge in [-0.15, -0.1) is 0 Å². The molecule has 1 amide bonds. The number of nitrogens with two attached hydrogens (primary N) is 1. The van der Waals surface area contributed by atoms with Crippen LogP contribution in [-0.2, 0) is 14.3 Å². The van der Waals surface area contributed by atoms with Crippen molar-refractivity contribution in [2.45, 2.75) is 33.1 Å². The van der Waals surface area contributed by atoms with E-state index in [1.54, 1.807) is 0 Å². The van der Waals surface area contributed by atoms with Gasteiger partial charge in [-0.05, 0) is 31.2 Å². The van der Waals surface area contributed by atoms with E-state index in [0.717, 1.165) is 6.42 Å². The monoisotopic (exact) mass is 274 g/mol. The summed E-state index contributed by atoms with van der Waals surface area (Å²) in [4.78, 5) is 22.3. The first-order chi connectivity index (χ1) is 8.99. The Morgan fingerprint density at radius 3 is 2.53 bits per heavy atom. The van der Waals surface area contributed by atoms with E-state index in [1.165, 1.54) is 7.11 Å². The number of rotatable bonds is 9. The second-order valence-electron chi connectivity index (χ2n) is 4.93. The van der Waals surface area contributed by atoms with Crippen LogP contribution in [0.15, 0.2) is 0 Å². The van der Waals surface area contributed by atoms with Crippen LogP contribution in [0.25, 0.3) is 0 Å². The van der Waals surface area contributed by atoms with Crippen LogP contribution in [0.2, 0.25) is 0 Å². The minimum absolute atomic E-state index is 0.181. The first kappa shape index (κ1) is 17.7. The van der Waals surface area contributed by atoms with E-state index in [2.05, 4.69) is 23.9 Å². The highest BCUT2D eigenvalue weighted by molar-refractivity contribution is 5.69. The van der Waals surface area contributed by atoms with Gasteiger partial charge in [-0.2, -0.15) is 0 Å². The highest BCUT2D eigenvalue weighted by Crippen LogP contribution is 2.14.